The van der Waals surface area contributed by atoms with Crippen molar-refractivity contribution in [2.45, 2.75) is 30.8 Å². The molecule has 6 heteroatoms. The molecule has 2 nitrogen and oxygen atoms in total. The summed E-state index contributed by atoms with van der Waals surface area (Å²) in [7, 11) is 0. The van der Waals surface area contributed by atoms with Crippen LogP contribution in [-0.2, 0) is 17.4 Å². The maximum absolute atomic E-state index is 12.5. The number of piperidine rings is 1. The van der Waals surface area contributed by atoms with E-state index in [0.717, 1.165) is 18.6 Å². The predicted octanol–water partition coefficient (Wildman–Crippen LogP) is 3.88. The first-order valence-electron chi connectivity index (χ1n) is 6.85. The van der Waals surface area contributed by atoms with Crippen molar-refractivity contribution >= 4 is 21.8 Å². The lowest BCUT2D eigenvalue weighted by atomic mass is 9.98. The Morgan fingerprint density at radius 1 is 1.33 bits per heavy atom. The van der Waals surface area contributed by atoms with Crippen molar-refractivity contribution in [3.8, 4) is 0 Å². The van der Waals surface area contributed by atoms with Crippen LogP contribution in [0.4, 0.5) is 13.2 Å². The van der Waals surface area contributed by atoms with Gasteiger partial charge >= 0.3 is 6.18 Å². The van der Waals surface area contributed by atoms with Gasteiger partial charge in [0.15, 0.2) is 0 Å². The van der Waals surface area contributed by atoms with Gasteiger partial charge < -0.3 is 4.90 Å². The van der Waals surface area contributed by atoms with Crippen LogP contribution in [0.25, 0.3) is 0 Å². The van der Waals surface area contributed by atoms with Crippen LogP contribution < -0.4 is 0 Å². The number of hydrogen-bond acceptors (Lipinski definition) is 1. The van der Waals surface area contributed by atoms with Gasteiger partial charge in [0.2, 0.25) is 5.91 Å². The summed E-state index contributed by atoms with van der Waals surface area (Å²) in [6.07, 6.45) is -3.25. The monoisotopic (exact) mass is 363 g/mol. The molecule has 0 N–H and O–H groups in total. The second-order valence-electron chi connectivity index (χ2n) is 5.49. The third kappa shape index (κ3) is 4.22. The number of halogens is 4. The average molecular weight is 364 g/mol. The SMILES string of the molecule is CC1CCN(C(=O)Cc2ccc(C(F)(F)F)cc2)CC1Br. The number of benzene rings is 1. The maximum Gasteiger partial charge on any atom is 0.416 e. The molecule has 1 amide bonds. The molecule has 1 saturated heterocycles. The topological polar surface area (TPSA) is 20.3 Å². The van der Waals surface area contributed by atoms with E-state index in [0.29, 0.717) is 24.6 Å². The fourth-order valence-electron chi connectivity index (χ4n) is 2.35. The first-order chi connectivity index (χ1) is 9.77. The molecule has 0 radical (unpaired) electrons. The second kappa shape index (κ2) is 6.38. The Kier molecular flexibility index (Phi) is 4.96. The van der Waals surface area contributed by atoms with Crippen LogP contribution in [0.2, 0.25) is 0 Å². The van der Waals surface area contributed by atoms with E-state index >= 15 is 0 Å². The number of alkyl halides is 4. The summed E-state index contributed by atoms with van der Waals surface area (Å²) < 4.78 is 37.4. The zero-order valence-electron chi connectivity index (χ0n) is 11.7. The second-order valence-corrected chi connectivity index (χ2v) is 6.67. The van der Waals surface area contributed by atoms with E-state index < -0.39 is 11.7 Å². The summed E-state index contributed by atoms with van der Waals surface area (Å²) in [6.45, 7) is 3.50. The average Bonchev–Trinajstić information content (AvgIpc) is 2.41. The van der Waals surface area contributed by atoms with E-state index in [4.69, 9.17) is 0 Å². The number of carbonyl (C=O) groups excluding carboxylic acids is 1. The van der Waals surface area contributed by atoms with E-state index in [9.17, 15) is 18.0 Å². The molecule has 1 aromatic carbocycles. The van der Waals surface area contributed by atoms with E-state index in [2.05, 4.69) is 22.9 Å². The predicted molar refractivity (Wildman–Crippen MR) is 78.2 cm³/mol. The summed E-state index contributed by atoms with van der Waals surface area (Å²) in [5.74, 6) is 0.492. The lowest BCUT2D eigenvalue weighted by Gasteiger charge is -2.34. The van der Waals surface area contributed by atoms with Gasteiger partial charge in [-0.2, -0.15) is 13.2 Å². The largest absolute Gasteiger partial charge is 0.416 e. The van der Waals surface area contributed by atoms with Gasteiger partial charge in [0.05, 0.1) is 12.0 Å². The Morgan fingerprint density at radius 2 is 1.95 bits per heavy atom. The Bertz CT molecular complexity index is 501. The van der Waals surface area contributed by atoms with Gasteiger partial charge in [-0.15, -0.1) is 0 Å². The minimum atomic E-state index is -4.34. The van der Waals surface area contributed by atoms with Crippen molar-refractivity contribution in [2.75, 3.05) is 13.1 Å². The highest BCUT2D eigenvalue weighted by atomic mass is 79.9. The fraction of sp³-hybridized carbons (Fsp3) is 0.533. The van der Waals surface area contributed by atoms with Gasteiger partial charge in [0.25, 0.3) is 0 Å². The zero-order chi connectivity index (χ0) is 15.6. The maximum atomic E-state index is 12.5. The molecule has 2 atom stereocenters. The summed E-state index contributed by atoms with van der Waals surface area (Å²) in [5, 5.41) is 0. The van der Waals surface area contributed by atoms with Gasteiger partial charge in [-0.25, -0.2) is 0 Å². The van der Waals surface area contributed by atoms with Crippen molar-refractivity contribution in [1.82, 2.24) is 4.90 Å². The first kappa shape index (κ1) is 16.3. The van der Waals surface area contributed by atoms with Crippen LogP contribution in [-0.4, -0.2) is 28.7 Å². The Hall–Kier alpha value is -1.04. The number of rotatable bonds is 2. The molecular weight excluding hydrogens is 347 g/mol. The number of likely N-dealkylation sites (tertiary alicyclic amines) is 1. The molecule has 0 aliphatic carbocycles. The molecule has 2 rings (SSSR count). The van der Waals surface area contributed by atoms with Crippen molar-refractivity contribution in [2.24, 2.45) is 5.92 Å². The van der Waals surface area contributed by atoms with Gasteiger partial charge in [-0.1, -0.05) is 35.0 Å². The van der Waals surface area contributed by atoms with Crippen molar-refractivity contribution in [3.05, 3.63) is 35.4 Å². The molecule has 2 unspecified atom stereocenters. The number of hydrogen-bond donors (Lipinski definition) is 0. The number of carbonyl (C=O) groups is 1. The van der Waals surface area contributed by atoms with E-state index in [1.165, 1.54) is 12.1 Å². The molecule has 0 aromatic heterocycles. The normalized spacial score (nSPS) is 23.2. The van der Waals surface area contributed by atoms with Crippen molar-refractivity contribution < 1.29 is 18.0 Å². The zero-order valence-corrected chi connectivity index (χ0v) is 13.2. The molecule has 0 bridgehead atoms. The number of nitrogens with zero attached hydrogens (tertiary/aromatic N) is 1. The van der Waals surface area contributed by atoms with E-state index in [-0.39, 0.29) is 17.2 Å². The lowest BCUT2D eigenvalue weighted by Crippen LogP contribution is -2.44. The fourth-order valence-corrected chi connectivity index (χ4v) is 2.96. The molecule has 116 valence electrons. The van der Waals surface area contributed by atoms with Crippen LogP contribution in [0.3, 0.4) is 0 Å². The molecular formula is C15H17BrF3NO. The van der Waals surface area contributed by atoms with Gasteiger partial charge in [-0.3, -0.25) is 4.79 Å². The van der Waals surface area contributed by atoms with Crippen LogP contribution in [0.1, 0.15) is 24.5 Å². The van der Waals surface area contributed by atoms with Crippen LogP contribution in [0, 0.1) is 5.92 Å². The summed E-state index contributed by atoms with van der Waals surface area (Å²) in [4.78, 5) is 14.2. The van der Waals surface area contributed by atoms with Crippen LogP contribution >= 0.6 is 15.9 Å². The molecule has 1 aromatic rings. The molecule has 0 saturated carbocycles. The molecule has 1 fully saturated rings. The molecule has 1 aliphatic heterocycles. The van der Waals surface area contributed by atoms with E-state index in [1.54, 1.807) is 4.90 Å². The highest BCUT2D eigenvalue weighted by Crippen LogP contribution is 2.29. The van der Waals surface area contributed by atoms with Gasteiger partial charge in [0, 0.05) is 17.9 Å². The molecule has 21 heavy (non-hydrogen) atoms. The highest BCUT2D eigenvalue weighted by Gasteiger charge is 2.30. The summed E-state index contributed by atoms with van der Waals surface area (Å²) in [6, 6.07) is 4.79. The van der Waals surface area contributed by atoms with Gasteiger partial charge in [0.1, 0.15) is 0 Å². The van der Waals surface area contributed by atoms with Crippen LogP contribution in [0.5, 0.6) is 0 Å². The van der Waals surface area contributed by atoms with E-state index in [1.807, 2.05) is 0 Å². The summed E-state index contributed by atoms with van der Waals surface area (Å²) >= 11 is 3.56. The summed E-state index contributed by atoms with van der Waals surface area (Å²) in [5.41, 5.74) is -0.0798. The standard InChI is InChI=1S/C15H17BrF3NO/c1-10-6-7-20(9-13(10)16)14(21)8-11-2-4-12(5-3-11)15(17,18)19/h2-5,10,13H,6-9H2,1H3. The highest BCUT2D eigenvalue weighted by molar-refractivity contribution is 9.09. The number of amides is 1. The minimum absolute atomic E-state index is 0.0360. The van der Waals surface area contributed by atoms with Gasteiger partial charge in [-0.05, 0) is 30.0 Å². The van der Waals surface area contributed by atoms with Crippen LogP contribution in [0.15, 0.2) is 24.3 Å². The first-order valence-corrected chi connectivity index (χ1v) is 7.77. The van der Waals surface area contributed by atoms with Crippen molar-refractivity contribution in [3.63, 3.8) is 0 Å². The Labute approximate surface area is 130 Å². The molecule has 1 aliphatic rings. The third-order valence-corrected chi connectivity index (χ3v) is 5.05. The third-order valence-electron chi connectivity index (χ3n) is 3.86. The Balaban J connectivity index is 1.97. The Morgan fingerprint density at radius 3 is 2.48 bits per heavy atom. The quantitative estimate of drug-likeness (QED) is 0.730. The van der Waals surface area contributed by atoms with Crippen molar-refractivity contribution in [1.29, 1.82) is 0 Å². The lowest BCUT2D eigenvalue weighted by molar-refractivity contribution is -0.137. The smallest absolute Gasteiger partial charge is 0.341 e. The molecule has 1 heterocycles. The minimum Gasteiger partial charge on any atom is -0.341 e. The molecule has 0 spiro atoms.